The third-order valence-electron chi connectivity index (χ3n) is 2.07. The lowest BCUT2D eigenvalue weighted by atomic mass is 10.2. The minimum absolute atomic E-state index is 0.416. The van der Waals surface area contributed by atoms with Gasteiger partial charge in [0.15, 0.2) is 0 Å². The van der Waals surface area contributed by atoms with Crippen LogP contribution in [0.5, 0.6) is 0 Å². The van der Waals surface area contributed by atoms with E-state index in [-0.39, 0.29) is 0 Å². The zero-order valence-corrected chi connectivity index (χ0v) is 10.0. The Balaban J connectivity index is 2.75. The average Bonchev–Trinajstić information content (AvgIpc) is 2.17. The Labute approximate surface area is 96.1 Å². The quantitative estimate of drug-likeness (QED) is 0.594. The second-order valence-corrected chi connectivity index (χ2v) is 3.97. The number of rotatable bonds is 5. The highest BCUT2D eigenvalue weighted by molar-refractivity contribution is 7.80. The molecule has 0 saturated carbocycles. The van der Waals surface area contributed by atoms with Crippen LogP contribution in [0.15, 0.2) is 12.1 Å². The molecule has 1 heterocycles. The molecule has 0 saturated heterocycles. The Morgan fingerprint density at radius 3 is 2.87 bits per heavy atom. The van der Waals surface area contributed by atoms with Crippen molar-refractivity contribution in [3.63, 3.8) is 0 Å². The van der Waals surface area contributed by atoms with Crippen molar-refractivity contribution in [2.75, 3.05) is 11.9 Å². The van der Waals surface area contributed by atoms with Gasteiger partial charge in [0.25, 0.3) is 0 Å². The van der Waals surface area contributed by atoms with E-state index in [9.17, 15) is 0 Å². The predicted octanol–water partition coefficient (Wildman–Crippen LogP) is 2.24. The Morgan fingerprint density at radius 1 is 1.53 bits per heavy atom. The van der Waals surface area contributed by atoms with Gasteiger partial charge in [-0.25, -0.2) is 4.98 Å². The Hall–Kier alpha value is -1.16. The van der Waals surface area contributed by atoms with Gasteiger partial charge in [0.1, 0.15) is 10.8 Å². The topological polar surface area (TPSA) is 50.9 Å². The van der Waals surface area contributed by atoms with E-state index in [0.717, 1.165) is 30.0 Å². The van der Waals surface area contributed by atoms with E-state index in [1.54, 1.807) is 0 Å². The van der Waals surface area contributed by atoms with Gasteiger partial charge in [-0.2, -0.15) is 0 Å². The van der Waals surface area contributed by atoms with Gasteiger partial charge in [0.05, 0.1) is 0 Å². The lowest BCUT2D eigenvalue weighted by Crippen LogP contribution is -2.12. The second-order valence-electron chi connectivity index (χ2n) is 3.53. The van der Waals surface area contributed by atoms with Gasteiger partial charge in [-0.3, -0.25) is 0 Å². The third-order valence-corrected chi connectivity index (χ3v) is 2.31. The van der Waals surface area contributed by atoms with Crippen molar-refractivity contribution in [1.82, 2.24) is 4.98 Å². The number of nitrogens with two attached hydrogens (primary N) is 1. The van der Waals surface area contributed by atoms with Crippen molar-refractivity contribution in [2.45, 2.75) is 26.7 Å². The SMILES string of the molecule is CCCCNc1cc(C(N)=S)cc(C)n1. The van der Waals surface area contributed by atoms with Crippen molar-refractivity contribution in [3.05, 3.63) is 23.4 Å². The molecule has 0 amide bonds. The van der Waals surface area contributed by atoms with Crippen LogP contribution in [-0.2, 0) is 0 Å². The van der Waals surface area contributed by atoms with Crippen molar-refractivity contribution in [2.24, 2.45) is 5.73 Å². The van der Waals surface area contributed by atoms with Gasteiger partial charge in [0.2, 0.25) is 0 Å². The van der Waals surface area contributed by atoms with E-state index in [0.29, 0.717) is 4.99 Å². The van der Waals surface area contributed by atoms with Crippen LogP contribution < -0.4 is 11.1 Å². The van der Waals surface area contributed by atoms with E-state index in [2.05, 4.69) is 17.2 Å². The Kier molecular flexibility index (Phi) is 4.49. The molecule has 0 aliphatic rings. The van der Waals surface area contributed by atoms with E-state index in [1.807, 2.05) is 19.1 Å². The van der Waals surface area contributed by atoms with Crippen LogP contribution in [-0.4, -0.2) is 16.5 Å². The first kappa shape index (κ1) is 11.9. The number of aryl methyl sites for hydroxylation is 1. The third kappa shape index (κ3) is 3.83. The van der Waals surface area contributed by atoms with Crippen LogP contribution in [0.2, 0.25) is 0 Å². The molecule has 3 N–H and O–H groups in total. The highest BCUT2D eigenvalue weighted by atomic mass is 32.1. The molecule has 0 spiro atoms. The molecule has 0 atom stereocenters. The van der Waals surface area contributed by atoms with Crippen molar-refractivity contribution < 1.29 is 0 Å². The summed E-state index contributed by atoms with van der Waals surface area (Å²) in [5.74, 6) is 0.853. The molecule has 15 heavy (non-hydrogen) atoms. The zero-order chi connectivity index (χ0) is 11.3. The number of nitrogens with one attached hydrogen (secondary N) is 1. The van der Waals surface area contributed by atoms with Crippen LogP contribution in [0.25, 0.3) is 0 Å². The van der Waals surface area contributed by atoms with Crippen LogP contribution in [0.1, 0.15) is 31.0 Å². The van der Waals surface area contributed by atoms with Gasteiger partial charge in [-0.1, -0.05) is 25.6 Å². The van der Waals surface area contributed by atoms with Crippen LogP contribution in [0.4, 0.5) is 5.82 Å². The van der Waals surface area contributed by atoms with Crippen LogP contribution >= 0.6 is 12.2 Å². The first-order valence-corrected chi connectivity index (χ1v) is 5.56. The molecule has 0 aromatic carbocycles. The first-order chi connectivity index (χ1) is 7.13. The lowest BCUT2D eigenvalue weighted by Gasteiger charge is -2.07. The summed E-state index contributed by atoms with van der Waals surface area (Å²) in [6.45, 7) is 5.03. The maximum absolute atomic E-state index is 5.58. The van der Waals surface area contributed by atoms with E-state index < -0.39 is 0 Å². The smallest absolute Gasteiger partial charge is 0.126 e. The van der Waals surface area contributed by atoms with E-state index >= 15 is 0 Å². The molecule has 0 radical (unpaired) electrons. The Bertz CT molecular complexity index is 350. The molecular weight excluding hydrogens is 206 g/mol. The zero-order valence-electron chi connectivity index (χ0n) is 9.21. The molecule has 1 aromatic heterocycles. The van der Waals surface area contributed by atoms with Gasteiger partial charge < -0.3 is 11.1 Å². The summed E-state index contributed by atoms with van der Waals surface area (Å²) in [6, 6.07) is 3.79. The van der Waals surface area contributed by atoms with Crippen molar-refractivity contribution >= 4 is 23.0 Å². The minimum atomic E-state index is 0.416. The maximum atomic E-state index is 5.58. The molecule has 0 aliphatic heterocycles. The Morgan fingerprint density at radius 2 is 2.27 bits per heavy atom. The number of hydrogen-bond donors (Lipinski definition) is 2. The highest BCUT2D eigenvalue weighted by Gasteiger charge is 2.01. The lowest BCUT2D eigenvalue weighted by molar-refractivity contribution is 0.830. The normalized spacial score (nSPS) is 10.0. The maximum Gasteiger partial charge on any atom is 0.126 e. The molecule has 0 fully saturated rings. The number of hydrogen-bond acceptors (Lipinski definition) is 3. The fourth-order valence-corrected chi connectivity index (χ4v) is 1.41. The summed E-state index contributed by atoms with van der Waals surface area (Å²) in [5, 5.41) is 3.26. The van der Waals surface area contributed by atoms with Gasteiger partial charge in [0, 0.05) is 17.8 Å². The van der Waals surface area contributed by atoms with Crippen molar-refractivity contribution in [3.8, 4) is 0 Å². The molecule has 4 heteroatoms. The largest absolute Gasteiger partial charge is 0.389 e. The monoisotopic (exact) mass is 223 g/mol. The number of anilines is 1. The molecule has 1 aromatic rings. The molecular formula is C11H17N3S. The summed E-state index contributed by atoms with van der Waals surface area (Å²) < 4.78 is 0. The average molecular weight is 223 g/mol. The summed E-state index contributed by atoms with van der Waals surface area (Å²) >= 11 is 4.94. The summed E-state index contributed by atoms with van der Waals surface area (Å²) in [6.07, 6.45) is 2.30. The number of nitrogens with zero attached hydrogens (tertiary/aromatic N) is 1. The molecule has 0 unspecified atom stereocenters. The second kappa shape index (κ2) is 5.66. The fraction of sp³-hybridized carbons (Fsp3) is 0.455. The predicted molar refractivity (Wildman–Crippen MR) is 68.3 cm³/mol. The summed E-state index contributed by atoms with van der Waals surface area (Å²) in [5.41, 5.74) is 7.38. The van der Waals surface area contributed by atoms with Gasteiger partial charge in [-0.15, -0.1) is 0 Å². The first-order valence-electron chi connectivity index (χ1n) is 5.16. The highest BCUT2D eigenvalue weighted by Crippen LogP contribution is 2.10. The number of unbranched alkanes of at least 4 members (excludes halogenated alkanes) is 1. The molecule has 82 valence electrons. The van der Waals surface area contributed by atoms with Crippen LogP contribution in [0.3, 0.4) is 0 Å². The van der Waals surface area contributed by atoms with Crippen LogP contribution in [0, 0.1) is 6.92 Å². The molecule has 0 bridgehead atoms. The molecule has 3 nitrogen and oxygen atoms in total. The van der Waals surface area contributed by atoms with Gasteiger partial charge in [-0.05, 0) is 25.5 Å². The van der Waals surface area contributed by atoms with Crippen molar-refractivity contribution in [1.29, 1.82) is 0 Å². The number of aromatic nitrogens is 1. The summed E-state index contributed by atoms with van der Waals surface area (Å²) in [4.78, 5) is 4.78. The van der Waals surface area contributed by atoms with Gasteiger partial charge >= 0.3 is 0 Å². The van der Waals surface area contributed by atoms with E-state index in [4.69, 9.17) is 18.0 Å². The fourth-order valence-electron chi connectivity index (χ4n) is 1.29. The molecule has 1 rings (SSSR count). The number of thiocarbonyl (C=S) groups is 1. The summed E-state index contributed by atoms with van der Waals surface area (Å²) in [7, 11) is 0. The minimum Gasteiger partial charge on any atom is -0.389 e. The van der Waals surface area contributed by atoms with E-state index in [1.165, 1.54) is 6.42 Å². The standard InChI is InChI=1S/C11H17N3S/c1-3-4-5-13-10-7-9(11(12)15)6-8(2)14-10/h6-7H,3-5H2,1-2H3,(H2,12,15)(H,13,14). The molecule has 0 aliphatic carbocycles. The number of pyridine rings is 1.